The van der Waals surface area contributed by atoms with Crippen LogP contribution in [0, 0.1) is 6.92 Å². The Bertz CT molecular complexity index is 450. The van der Waals surface area contributed by atoms with E-state index in [0.717, 1.165) is 40.8 Å². The highest BCUT2D eigenvalue weighted by Gasteiger charge is 2.12. The van der Waals surface area contributed by atoms with Crippen molar-refractivity contribution in [1.29, 1.82) is 0 Å². The molecule has 2 aromatic heterocycles. The average Bonchev–Trinajstić information content (AvgIpc) is 2.87. The van der Waals surface area contributed by atoms with Gasteiger partial charge in [0.15, 0.2) is 12.2 Å². The quantitative estimate of drug-likeness (QED) is 0.812. The number of rotatable bonds is 5. The van der Waals surface area contributed by atoms with Crippen molar-refractivity contribution in [2.75, 3.05) is 6.54 Å². The normalized spacial score (nSPS) is 10.9. The SMILES string of the molecule is CCCNCc1ncoc1-c1cnc(C)s1. The second-order valence-electron chi connectivity index (χ2n) is 3.55. The first-order valence-corrected chi connectivity index (χ1v) is 6.18. The molecule has 2 heterocycles. The molecule has 0 amide bonds. The number of thiazole rings is 1. The molecule has 0 spiro atoms. The molecule has 0 atom stereocenters. The van der Waals surface area contributed by atoms with Gasteiger partial charge in [0.1, 0.15) is 5.69 Å². The summed E-state index contributed by atoms with van der Waals surface area (Å²) >= 11 is 1.63. The molecular weight excluding hydrogens is 222 g/mol. The molecule has 0 unspecified atom stereocenters. The minimum absolute atomic E-state index is 0.747. The number of nitrogens with one attached hydrogen (secondary N) is 1. The number of aromatic nitrogens is 2. The van der Waals surface area contributed by atoms with E-state index in [1.165, 1.54) is 6.39 Å². The van der Waals surface area contributed by atoms with Gasteiger partial charge in [-0.15, -0.1) is 11.3 Å². The van der Waals surface area contributed by atoms with Crippen molar-refractivity contribution in [1.82, 2.24) is 15.3 Å². The van der Waals surface area contributed by atoms with Crippen molar-refractivity contribution < 1.29 is 4.42 Å². The second kappa shape index (κ2) is 5.23. The predicted molar refractivity (Wildman–Crippen MR) is 64.3 cm³/mol. The lowest BCUT2D eigenvalue weighted by atomic mass is 10.3. The number of oxazole rings is 1. The van der Waals surface area contributed by atoms with Gasteiger partial charge < -0.3 is 9.73 Å². The van der Waals surface area contributed by atoms with Crippen LogP contribution in [0.25, 0.3) is 10.6 Å². The Morgan fingerprint density at radius 3 is 3.00 bits per heavy atom. The molecule has 5 heteroatoms. The van der Waals surface area contributed by atoms with E-state index in [4.69, 9.17) is 4.42 Å². The summed E-state index contributed by atoms with van der Waals surface area (Å²) in [7, 11) is 0. The summed E-state index contributed by atoms with van der Waals surface area (Å²) in [5, 5.41) is 4.36. The van der Waals surface area contributed by atoms with Gasteiger partial charge in [0, 0.05) is 12.7 Å². The van der Waals surface area contributed by atoms with Gasteiger partial charge >= 0.3 is 0 Å². The Morgan fingerprint density at radius 1 is 1.44 bits per heavy atom. The van der Waals surface area contributed by atoms with Crippen LogP contribution in [0.2, 0.25) is 0 Å². The van der Waals surface area contributed by atoms with Crippen LogP contribution in [0.4, 0.5) is 0 Å². The zero-order valence-corrected chi connectivity index (χ0v) is 10.3. The zero-order chi connectivity index (χ0) is 11.4. The predicted octanol–water partition coefficient (Wildman–Crippen LogP) is 2.61. The lowest BCUT2D eigenvalue weighted by molar-refractivity contribution is 0.570. The van der Waals surface area contributed by atoms with Gasteiger partial charge in [0.2, 0.25) is 0 Å². The minimum Gasteiger partial charge on any atom is -0.442 e. The van der Waals surface area contributed by atoms with Gasteiger partial charge in [-0.25, -0.2) is 9.97 Å². The fraction of sp³-hybridized carbons (Fsp3) is 0.455. The third-order valence-corrected chi connectivity index (χ3v) is 3.12. The van der Waals surface area contributed by atoms with Crippen LogP contribution >= 0.6 is 11.3 Å². The zero-order valence-electron chi connectivity index (χ0n) is 9.49. The van der Waals surface area contributed by atoms with Gasteiger partial charge in [0.25, 0.3) is 0 Å². The first-order chi connectivity index (χ1) is 7.81. The summed E-state index contributed by atoms with van der Waals surface area (Å²) in [6, 6.07) is 0. The number of hydrogen-bond donors (Lipinski definition) is 1. The van der Waals surface area contributed by atoms with Crippen molar-refractivity contribution in [2.24, 2.45) is 0 Å². The molecule has 86 valence electrons. The smallest absolute Gasteiger partial charge is 0.181 e. The first kappa shape index (κ1) is 11.3. The second-order valence-corrected chi connectivity index (χ2v) is 4.78. The maximum absolute atomic E-state index is 5.41. The number of nitrogens with zero attached hydrogens (tertiary/aromatic N) is 2. The van der Waals surface area contributed by atoms with Crippen LogP contribution in [0.3, 0.4) is 0 Å². The molecule has 0 aliphatic heterocycles. The highest BCUT2D eigenvalue weighted by molar-refractivity contribution is 7.15. The lowest BCUT2D eigenvalue weighted by Crippen LogP contribution is -2.14. The third kappa shape index (κ3) is 2.48. The Balaban J connectivity index is 2.12. The molecule has 0 saturated heterocycles. The molecule has 4 nitrogen and oxygen atoms in total. The standard InChI is InChI=1S/C11H15N3OS/c1-3-4-12-5-9-11(15-7-14-9)10-6-13-8(2)16-10/h6-7,12H,3-5H2,1-2H3. The van der Waals surface area contributed by atoms with Crippen LogP contribution in [-0.2, 0) is 6.54 Å². The van der Waals surface area contributed by atoms with Crippen LogP contribution in [0.1, 0.15) is 24.0 Å². The van der Waals surface area contributed by atoms with E-state index in [2.05, 4.69) is 22.2 Å². The lowest BCUT2D eigenvalue weighted by Gasteiger charge is -2.00. The van der Waals surface area contributed by atoms with Crippen molar-refractivity contribution in [3.05, 3.63) is 23.3 Å². The largest absolute Gasteiger partial charge is 0.442 e. The molecule has 0 aliphatic rings. The topological polar surface area (TPSA) is 51.0 Å². The van der Waals surface area contributed by atoms with E-state index in [1.807, 2.05) is 13.1 Å². The Hall–Kier alpha value is -1.20. The Morgan fingerprint density at radius 2 is 2.31 bits per heavy atom. The fourth-order valence-electron chi connectivity index (χ4n) is 1.45. The molecule has 2 rings (SSSR count). The maximum Gasteiger partial charge on any atom is 0.181 e. The molecule has 16 heavy (non-hydrogen) atoms. The molecule has 0 bridgehead atoms. The van der Waals surface area contributed by atoms with Crippen LogP contribution < -0.4 is 5.32 Å². The van der Waals surface area contributed by atoms with Crippen LogP contribution in [-0.4, -0.2) is 16.5 Å². The molecule has 0 aliphatic carbocycles. The van der Waals surface area contributed by atoms with Gasteiger partial charge in [-0.3, -0.25) is 0 Å². The highest BCUT2D eigenvalue weighted by Crippen LogP contribution is 2.28. The van der Waals surface area contributed by atoms with Crippen LogP contribution in [0.5, 0.6) is 0 Å². The average molecular weight is 237 g/mol. The van der Waals surface area contributed by atoms with E-state index in [1.54, 1.807) is 11.3 Å². The molecule has 2 aromatic rings. The van der Waals surface area contributed by atoms with Crippen molar-refractivity contribution in [3.63, 3.8) is 0 Å². The van der Waals surface area contributed by atoms with E-state index in [0.29, 0.717) is 0 Å². The fourth-order valence-corrected chi connectivity index (χ4v) is 2.23. The molecule has 0 fully saturated rings. The monoisotopic (exact) mass is 237 g/mol. The highest BCUT2D eigenvalue weighted by atomic mass is 32.1. The summed E-state index contributed by atoms with van der Waals surface area (Å²) in [6.07, 6.45) is 4.45. The minimum atomic E-state index is 0.747. The van der Waals surface area contributed by atoms with Gasteiger partial charge in [-0.2, -0.15) is 0 Å². The molecule has 0 radical (unpaired) electrons. The van der Waals surface area contributed by atoms with Gasteiger partial charge in [0.05, 0.1) is 9.88 Å². The first-order valence-electron chi connectivity index (χ1n) is 5.37. The van der Waals surface area contributed by atoms with E-state index >= 15 is 0 Å². The van der Waals surface area contributed by atoms with Crippen LogP contribution in [0.15, 0.2) is 17.0 Å². The van der Waals surface area contributed by atoms with Gasteiger partial charge in [-0.05, 0) is 19.9 Å². The van der Waals surface area contributed by atoms with Crippen molar-refractivity contribution in [3.8, 4) is 10.6 Å². The van der Waals surface area contributed by atoms with E-state index in [-0.39, 0.29) is 0 Å². The maximum atomic E-state index is 5.41. The van der Waals surface area contributed by atoms with E-state index in [9.17, 15) is 0 Å². The van der Waals surface area contributed by atoms with Gasteiger partial charge in [-0.1, -0.05) is 6.92 Å². The Labute approximate surface area is 98.7 Å². The molecule has 1 N–H and O–H groups in total. The Kier molecular flexibility index (Phi) is 3.69. The number of aryl methyl sites for hydroxylation is 1. The van der Waals surface area contributed by atoms with E-state index < -0.39 is 0 Å². The van der Waals surface area contributed by atoms with Crippen molar-refractivity contribution in [2.45, 2.75) is 26.8 Å². The molecule has 0 saturated carbocycles. The summed E-state index contributed by atoms with van der Waals surface area (Å²) in [5.41, 5.74) is 0.956. The molecular formula is C11H15N3OS. The number of hydrogen-bond acceptors (Lipinski definition) is 5. The summed E-state index contributed by atoms with van der Waals surface area (Å²) in [5.74, 6) is 0.842. The summed E-state index contributed by atoms with van der Waals surface area (Å²) < 4.78 is 5.41. The molecule has 0 aromatic carbocycles. The summed E-state index contributed by atoms with van der Waals surface area (Å²) in [4.78, 5) is 9.49. The van der Waals surface area contributed by atoms with Crippen molar-refractivity contribution >= 4 is 11.3 Å². The third-order valence-electron chi connectivity index (χ3n) is 2.21. The summed E-state index contributed by atoms with van der Waals surface area (Å²) in [6.45, 7) is 5.87.